The van der Waals surface area contributed by atoms with Crippen molar-refractivity contribution in [2.75, 3.05) is 12.4 Å². The third kappa shape index (κ3) is 5.26. The van der Waals surface area contributed by atoms with E-state index in [0.717, 1.165) is 36.6 Å². The number of rotatable bonds is 6. The molecule has 2 amide bonds. The third-order valence-electron chi connectivity index (χ3n) is 4.50. The molecule has 7 nitrogen and oxygen atoms in total. The van der Waals surface area contributed by atoms with Crippen LogP contribution in [0.4, 0.5) is 8.78 Å². The molecule has 1 aromatic heterocycles. The van der Waals surface area contributed by atoms with Crippen molar-refractivity contribution in [3.8, 4) is 0 Å². The number of alkyl halides is 3. The fraction of sp³-hybridized carbons (Fsp3) is 0.733. The molecule has 26 heavy (non-hydrogen) atoms. The molecule has 2 N–H and O–H groups in total. The van der Waals surface area contributed by atoms with Crippen molar-refractivity contribution < 1.29 is 18.4 Å². The van der Waals surface area contributed by atoms with Gasteiger partial charge in [0, 0.05) is 13.6 Å². The number of hydrogen-bond donors (Lipinski definition) is 2. The Hall–Kier alpha value is -1.48. The second-order valence-corrected chi connectivity index (χ2v) is 6.64. The van der Waals surface area contributed by atoms with E-state index in [9.17, 15) is 18.4 Å². The van der Waals surface area contributed by atoms with E-state index < -0.39 is 23.1 Å². The van der Waals surface area contributed by atoms with Crippen molar-refractivity contribution >= 4 is 35.8 Å². The fourth-order valence-electron chi connectivity index (χ4n) is 3.13. The zero-order valence-electron chi connectivity index (χ0n) is 14.4. The highest BCUT2D eigenvalue weighted by Crippen LogP contribution is 2.29. The summed E-state index contributed by atoms with van der Waals surface area (Å²) in [5.74, 6) is -5.80. The van der Waals surface area contributed by atoms with Crippen molar-refractivity contribution in [1.82, 2.24) is 25.6 Å². The van der Waals surface area contributed by atoms with Gasteiger partial charge in [-0.1, -0.05) is 30.9 Å². The van der Waals surface area contributed by atoms with E-state index in [1.54, 1.807) is 0 Å². The van der Waals surface area contributed by atoms with Crippen molar-refractivity contribution in [2.45, 2.75) is 50.0 Å². The number of amides is 2. The van der Waals surface area contributed by atoms with Gasteiger partial charge in [0.25, 0.3) is 5.91 Å². The lowest BCUT2D eigenvalue weighted by molar-refractivity contribution is -0.148. The normalized spacial score (nSPS) is 16.9. The first-order valence-corrected chi connectivity index (χ1v) is 8.72. The maximum atomic E-state index is 14.3. The molecule has 0 aromatic carbocycles. The lowest BCUT2D eigenvalue weighted by Gasteiger charge is -2.34. The third-order valence-corrected chi connectivity index (χ3v) is 4.74. The van der Waals surface area contributed by atoms with Crippen LogP contribution in [0, 0.1) is 0 Å². The van der Waals surface area contributed by atoms with Gasteiger partial charge >= 0.3 is 5.92 Å². The molecule has 148 valence electrons. The van der Waals surface area contributed by atoms with Crippen molar-refractivity contribution in [2.24, 2.45) is 7.05 Å². The van der Waals surface area contributed by atoms with Gasteiger partial charge in [-0.3, -0.25) is 9.59 Å². The Labute approximate surface area is 161 Å². The molecule has 1 fully saturated rings. The molecule has 0 atom stereocenters. The number of aryl methyl sites for hydroxylation is 1. The van der Waals surface area contributed by atoms with Gasteiger partial charge in [-0.15, -0.1) is 29.1 Å². The number of aromatic nitrogens is 3. The van der Waals surface area contributed by atoms with Crippen molar-refractivity contribution in [3.05, 3.63) is 11.9 Å². The van der Waals surface area contributed by atoms with Gasteiger partial charge in [0.05, 0.1) is 11.7 Å². The van der Waals surface area contributed by atoms with Gasteiger partial charge in [0.2, 0.25) is 5.91 Å². The van der Waals surface area contributed by atoms with Gasteiger partial charge in [-0.05, 0) is 12.8 Å². The van der Waals surface area contributed by atoms with Crippen molar-refractivity contribution in [1.29, 1.82) is 0 Å². The Morgan fingerprint density at radius 2 is 1.92 bits per heavy atom. The summed E-state index contributed by atoms with van der Waals surface area (Å²) in [6, 6.07) is 0. The Morgan fingerprint density at radius 3 is 2.42 bits per heavy atom. The highest BCUT2D eigenvalue weighted by molar-refractivity contribution is 6.27. The zero-order valence-corrected chi connectivity index (χ0v) is 16.0. The van der Waals surface area contributed by atoms with E-state index in [1.807, 2.05) is 0 Å². The topological polar surface area (TPSA) is 88.9 Å². The molecule has 1 heterocycles. The lowest BCUT2D eigenvalue weighted by atomic mass is 9.89. The molecule has 1 aliphatic carbocycles. The van der Waals surface area contributed by atoms with Crippen LogP contribution in [0.3, 0.4) is 0 Å². The van der Waals surface area contributed by atoms with Crippen LogP contribution in [0.15, 0.2) is 6.20 Å². The molecule has 1 aromatic rings. The van der Waals surface area contributed by atoms with Crippen LogP contribution in [-0.4, -0.2) is 44.8 Å². The van der Waals surface area contributed by atoms with Gasteiger partial charge < -0.3 is 10.6 Å². The monoisotopic (exact) mass is 413 g/mol. The van der Waals surface area contributed by atoms with E-state index in [2.05, 4.69) is 20.9 Å². The van der Waals surface area contributed by atoms with E-state index in [1.165, 1.54) is 7.05 Å². The first-order chi connectivity index (χ1) is 11.8. The summed E-state index contributed by atoms with van der Waals surface area (Å²) in [6.45, 7) is -0.0741. The molecule has 2 rings (SSSR count). The van der Waals surface area contributed by atoms with Gasteiger partial charge in [0.1, 0.15) is 11.6 Å². The van der Waals surface area contributed by atoms with Crippen LogP contribution in [0.25, 0.3) is 0 Å². The standard InChI is InChI=1S/C15H22ClF2N5O2.ClH/c1-23-11(9-20-22-23)15(17,18)13(25)19-10-14(21-12(24)8-16)6-4-2-3-5-7-14;/h9H,2-8,10H2,1H3,(H,19,25)(H,21,24);1H. The smallest absolute Gasteiger partial charge is 0.348 e. The summed E-state index contributed by atoms with van der Waals surface area (Å²) >= 11 is 5.56. The Morgan fingerprint density at radius 1 is 1.31 bits per heavy atom. The first-order valence-electron chi connectivity index (χ1n) is 8.19. The maximum Gasteiger partial charge on any atom is 0.367 e. The Balaban J connectivity index is 0.00000338. The summed E-state index contributed by atoms with van der Waals surface area (Å²) in [7, 11) is 1.29. The highest BCUT2D eigenvalue weighted by atomic mass is 35.5. The van der Waals surface area contributed by atoms with Gasteiger partial charge in [-0.25, -0.2) is 4.68 Å². The molecule has 11 heteroatoms. The molecular formula is C15H23Cl2F2N5O2. The van der Waals surface area contributed by atoms with Crippen LogP contribution in [0.2, 0.25) is 0 Å². The Bertz CT molecular complexity index is 619. The number of carbonyl (C=O) groups is 2. The van der Waals surface area contributed by atoms with Crippen LogP contribution in [0.1, 0.15) is 44.2 Å². The second kappa shape index (κ2) is 9.45. The summed E-state index contributed by atoms with van der Waals surface area (Å²) < 4.78 is 29.5. The van der Waals surface area contributed by atoms with Gasteiger partial charge in [-0.2, -0.15) is 8.78 Å². The van der Waals surface area contributed by atoms with E-state index in [0.29, 0.717) is 12.8 Å². The quantitative estimate of drug-likeness (QED) is 0.550. The van der Waals surface area contributed by atoms with Crippen LogP contribution < -0.4 is 10.6 Å². The molecule has 0 saturated heterocycles. The Kier molecular flexibility index (Phi) is 8.20. The van der Waals surface area contributed by atoms with E-state index in [-0.39, 0.29) is 30.7 Å². The molecule has 1 aliphatic rings. The number of carbonyl (C=O) groups excluding carboxylic acids is 2. The molecule has 0 radical (unpaired) electrons. The first kappa shape index (κ1) is 22.6. The number of halogens is 4. The summed E-state index contributed by atoms with van der Waals surface area (Å²) in [5, 5.41) is 11.9. The average Bonchev–Trinajstić information content (AvgIpc) is 2.89. The molecule has 0 spiro atoms. The minimum absolute atomic E-state index is 0. The molecular weight excluding hydrogens is 391 g/mol. The largest absolute Gasteiger partial charge is 0.367 e. The second-order valence-electron chi connectivity index (χ2n) is 6.38. The highest BCUT2D eigenvalue weighted by Gasteiger charge is 2.45. The predicted molar refractivity (Wildman–Crippen MR) is 94.5 cm³/mol. The van der Waals surface area contributed by atoms with Gasteiger partial charge in [0.15, 0.2) is 0 Å². The summed E-state index contributed by atoms with van der Waals surface area (Å²) in [5.41, 5.74) is -1.34. The van der Waals surface area contributed by atoms with Crippen LogP contribution in [-0.2, 0) is 22.6 Å². The average molecular weight is 414 g/mol. The number of nitrogens with zero attached hydrogens (tertiary/aromatic N) is 3. The van der Waals surface area contributed by atoms with E-state index in [4.69, 9.17) is 11.6 Å². The lowest BCUT2D eigenvalue weighted by Crippen LogP contribution is -2.57. The maximum absolute atomic E-state index is 14.3. The van der Waals surface area contributed by atoms with Crippen molar-refractivity contribution in [3.63, 3.8) is 0 Å². The summed E-state index contributed by atoms with van der Waals surface area (Å²) in [6.07, 6.45) is 5.77. The van der Waals surface area contributed by atoms with E-state index >= 15 is 0 Å². The fourth-order valence-corrected chi connectivity index (χ4v) is 3.20. The van der Waals surface area contributed by atoms with Crippen LogP contribution in [0.5, 0.6) is 0 Å². The predicted octanol–water partition coefficient (Wildman–Crippen LogP) is 1.89. The number of nitrogens with one attached hydrogen (secondary N) is 2. The SMILES string of the molecule is Cl.Cn1nncc1C(F)(F)C(=O)NCC1(NC(=O)CCl)CCCCCC1. The van der Waals surface area contributed by atoms with Crippen LogP contribution >= 0.6 is 24.0 Å². The minimum Gasteiger partial charge on any atom is -0.348 e. The molecule has 1 saturated carbocycles. The zero-order chi connectivity index (χ0) is 18.5. The molecule has 0 aliphatic heterocycles. The molecule has 0 unspecified atom stereocenters. The number of hydrogen-bond acceptors (Lipinski definition) is 4. The summed E-state index contributed by atoms with van der Waals surface area (Å²) in [4.78, 5) is 23.8. The molecule has 0 bridgehead atoms. The minimum atomic E-state index is -3.76.